The van der Waals surface area contributed by atoms with Crippen LogP contribution < -0.4 is 0 Å². The maximum Gasteiger partial charge on any atom is 0.0987 e. The molecule has 0 aromatic heterocycles. The van der Waals surface area contributed by atoms with Gasteiger partial charge in [-0.2, -0.15) is 0 Å². The fraction of sp³-hybridized carbons (Fsp3) is 1.00. The third-order valence-electron chi connectivity index (χ3n) is 0.109. The molecule has 0 aliphatic carbocycles. The zero-order chi connectivity index (χ0) is 3.41. The Balaban J connectivity index is 1.97. The molecule has 2 heteroatoms. The van der Waals surface area contributed by atoms with Crippen LogP contribution in [0.5, 0.6) is 0 Å². The highest BCUT2D eigenvalue weighted by atomic mass is 79.9. The summed E-state index contributed by atoms with van der Waals surface area (Å²) < 4.78 is 4.35. The Morgan fingerprint density at radius 1 is 2.00 bits per heavy atom. The van der Waals surface area contributed by atoms with Crippen molar-refractivity contribution in [3.63, 3.8) is 0 Å². The van der Waals surface area contributed by atoms with Gasteiger partial charge in [-0.05, 0) is 6.92 Å². The molecule has 0 amide bonds. The summed E-state index contributed by atoms with van der Waals surface area (Å²) in [6.07, 6.45) is 0. The van der Waals surface area contributed by atoms with E-state index in [9.17, 15) is 0 Å². The molecular weight excluding hydrogens is 120 g/mol. The van der Waals surface area contributed by atoms with Crippen LogP contribution in [-0.4, -0.2) is 6.61 Å². The molecule has 0 fully saturated rings. The Labute approximate surface area is 34.4 Å². The topological polar surface area (TPSA) is 9.23 Å². The summed E-state index contributed by atoms with van der Waals surface area (Å²) in [4.78, 5) is 0. The first kappa shape index (κ1) is 4.44. The van der Waals surface area contributed by atoms with Crippen LogP contribution in [0.15, 0.2) is 0 Å². The molecule has 0 bridgehead atoms. The Morgan fingerprint density at radius 3 is 2.25 bits per heavy atom. The van der Waals surface area contributed by atoms with Crippen molar-refractivity contribution in [1.82, 2.24) is 0 Å². The lowest BCUT2D eigenvalue weighted by molar-refractivity contribution is 0.426. The van der Waals surface area contributed by atoms with E-state index < -0.39 is 0 Å². The molecule has 0 aliphatic heterocycles. The summed E-state index contributed by atoms with van der Waals surface area (Å²) in [5.74, 6) is 0. The standard InChI is InChI=1S/C2H5BrO/c1-2-4-3/h2H2,1H3. The van der Waals surface area contributed by atoms with E-state index in [2.05, 4.69) is 20.1 Å². The minimum absolute atomic E-state index is 0.736. The molecule has 0 saturated heterocycles. The van der Waals surface area contributed by atoms with Gasteiger partial charge in [0.2, 0.25) is 0 Å². The van der Waals surface area contributed by atoms with Gasteiger partial charge in [-0.25, -0.2) is 0 Å². The van der Waals surface area contributed by atoms with Crippen molar-refractivity contribution in [1.29, 1.82) is 0 Å². The lowest BCUT2D eigenvalue weighted by Crippen LogP contribution is -1.63. The lowest BCUT2D eigenvalue weighted by Gasteiger charge is -1.71. The normalized spacial score (nSPS) is 7.50. The SMILES string of the molecule is CCOBr. The molecule has 0 spiro atoms. The quantitative estimate of drug-likeness (QED) is 0.513. The van der Waals surface area contributed by atoms with Crippen molar-refractivity contribution in [2.24, 2.45) is 0 Å². The number of halogens is 1. The highest BCUT2D eigenvalue weighted by Crippen LogP contribution is 1.76. The molecule has 0 unspecified atom stereocenters. The van der Waals surface area contributed by atoms with E-state index in [1.54, 1.807) is 0 Å². The Hall–Kier alpha value is 0.440. The zero-order valence-corrected chi connectivity index (χ0v) is 4.08. The fourth-order valence-corrected chi connectivity index (χ4v) is 0. The second kappa shape index (κ2) is 3.44. The van der Waals surface area contributed by atoms with Gasteiger partial charge in [0.25, 0.3) is 0 Å². The van der Waals surface area contributed by atoms with Crippen LogP contribution in [0.1, 0.15) is 6.92 Å². The molecule has 4 heavy (non-hydrogen) atoms. The predicted octanol–water partition coefficient (Wildman–Crippen LogP) is 1.33. The summed E-state index contributed by atoms with van der Waals surface area (Å²) in [5, 5.41) is 0. The van der Waals surface area contributed by atoms with Crippen LogP contribution in [0.2, 0.25) is 0 Å². The van der Waals surface area contributed by atoms with Crippen LogP contribution in [0.4, 0.5) is 0 Å². The average molecular weight is 125 g/mol. The second-order valence-corrected chi connectivity index (χ2v) is 0.856. The van der Waals surface area contributed by atoms with E-state index in [0.29, 0.717) is 0 Å². The smallest absolute Gasteiger partial charge is 0.0987 e. The van der Waals surface area contributed by atoms with E-state index in [1.165, 1.54) is 0 Å². The second-order valence-electron chi connectivity index (χ2n) is 0.398. The van der Waals surface area contributed by atoms with Gasteiger partial charge in [0.15, 0.2) is 0 Å². The van der Waals surface area contributed by atoms with Crippen molar-refractivity contribution in [2.45, 2.75) is 6.92 Å². The molecule has 0 aliphatic rings. The molecule has 0 radical (unpaired) electrons. The van der Waals surface area contributed by atoms with Gasteiger partial charge in [-0.15, -0.1) is 0 Å². The molecule has 0 aromatic carbocycles. The van der Waals surface area contributed by atoms with Crippen LogP contribution >= 0.6 is 16.3 Å². The first-order valence-electron chi connectivity index (χ1n) is 1.15. The summed E-state index contributed by atoms with van der Waals surface area (Å²) in [6.45, 7) is 2.65. The first-order chi connectivity index (χ1) is 1.91. The molecule has 0 rings (SSSR count). The molecule has 0 aromatic rings. The highest BCUT2D eigenvalue weighted by Gasteiger charge is 1.55. The summed E-state index contributed by atoms with van der Waals surface area (Å²) in [7, 11) is 0. The maximum atomic E-state index is 4.35. The van der Waals surface area contributed by atoms with E-state index in [0.717, 1.165) is 6.61 Å². The van der Waals surface area contributed by atoms with E-state index in [1.807, 2.05) is 6.92 Å². The van der Waals surface area contributed by atoms with Crippen molar-refractivity contribution < 1.29 is 3.83 Å². The summed E-state index contributed by atoms with van der Waals surface area (Å²) >= 11 is 2.75. The Kier molecular flexibility index (Phi) is 3.82. The van der Waals surface area contributed by atoms with Crippen LogP contribution in [0.25, 0.3) is 0 Å². The van der Waals surface area contributed by atoms with Gasteiger partial charge >= 0.3 is 0 Å². The third kappa shape index (κ3) is 2.44. The molecule has 0 saturated carbocycles. The summed E-state index contributed by atoms with van der Waals surface area (Å²) in [6, 6.07) is 0. The van der Waals surface area contributed by atoms with Crippen molar-refractivity contribution in [3.8, 4) is 0 Å². The Morgan fingerprint density at radius 2 is 2.25 bits per heavy atom. The minimum atomic E-state index is 0.736. The van der Waals surface area contributed by atoms with Gasteiger partial charge in [0, 0.05) is 0 Å². The number of hydrogen-bond acceptors (Lipinski definition) is 1. The van der Waals surface area contributed by atoms with Gasteiger partial charge in [0.1, 0.15) is 0 Å². The Bertz CT molecular complexity index is 8.00. The van der Waals surface area contributed by atoms with Gasteiger partial charge < -0.3 is 3.83 Å². The molecule has 26 valence electrons. The van der Waals surface area contributed by atoms with Crippen molar-refractivity contribution in [3.05, 3.63) is 0 Å². The maximum absolute atomic E-state index is 4.35. The molecular formula is C2H5BrO. The monoisotopic (exact) mass is 124 g/mol. The lowest BCUT2D eigenvalue weighted by atomic mass is 10.9. The molecule has 0 N–H and O–H groups in total. The number of hydrogen-bond donors (Lipinski definition) is 0. The van der Waals surface area contributed by atoms with E-state index in [-0.39, 0.29) is 0 Å². The largest absolute Gasteiger partial charge is 0.308 e. The van der Waals surface area contributed by atoms with Gasteiger partial charge in [0.05, 0.1) is 22.9 Å². The minimum Gasteiger partial charge on any atom is -0.308 e. The van der Waals surface area contributed by atoms with E-state index in [4.69, 9.17) is 0 Å². The predicted molar refractivity (Wildman–Crippen MR) is 20.6 cm³/mol. The average Bonchev–Trinajstić information content (AvgIpc) is 1.37. The summed E-state index contributed by atoms with van der Waals surface area (Å²) in [5.41, 5.74) is 0. The van der Waals surface area contributed by atoms with Crippen LogP contribution in [-0.2, 0) is 3.83 Å². The van der Waals surface area contributed by atoms with Gasteiger partial charge in [-0.1, -0.05) is 0 Å². The van der Waals surface area contributed by atoms with Crippen LogP contribution in [0.3, 0.4) is 0 Å². The van der Waals surface area contributed by atoms with Crippen molar-refractivity contribution >= 4 is 16.3 Å². The first-order valence-corrected chi connectivity index (χ1v) is 1.80. The number of rotatable bonds is 1. The van der Waals surface area contributed by atoms with E-state index >= 15 is 0 Å². The van der Waals surface area contributed by atoms with Crippen LogP contribution in [0, 0.1) is 0 Å². The highest BCUT2D eigenvalue weighted by molar-refractivity contribution is 9.06. The molecule has 1 nitrogen and oxygen atoms in total. The third-order valence-corrected chi connectivity index (χ3v) is 0.567. The van der Waals surface area contributed by atoms with Crippen molar-refractivity contribution in [2.75, 3.05) is 6.61 Å². The zero-order valence-electron chi connectivity index (χ0n) is 2.49. The fourth-order valence-electron chi connectivity index (χ4n) is 0. The molecule has 0 heterocycles. The van der Waals surface area contributed by atoms with Gasteiger partial charge in [-0.3, -0.25) is 0 Å². The molecule has 0 atom stereocenters.